The summed E-state index contributed by atoms with van der Waals surface area (Å²) in [6.45, 7) is 0.623. The Morgan fingerprint density at radius 2 is 1.52 bits per heavy atom. The molecule has 4 aromatic rings. The number of hydrogen-bond acceptors (Lipinski definition) is 1. The minimum atomic E-state index is 0.544. The highest BCUT2D eigenvalue weighted by Gasteiger charge is 2.15. The van der Waals surface area contributed by atoms with Gasteiger partial charge in [0.1, 0.15) is 5.82 Å². The predicted octanol–water partition coefficient (Wildman–Crippen LogP) is 6.71. The van der Waals surface area contributed by atoms with E-state index in [0.29, 0.717) is 21.6 Å². The van der Waals surface area contributed by atoms with Gasteiger partial charge in [-0.25, -0.2) is 4.98 Å². The molecule has 0 atom stereocenters. The van der Waals surface area contributed by atoms with Crippen molar-refractivity contribution in [1.29, 1.82) is 0 Å². The summed E-state index contributed by atoms with van der Waals surface area (Å²) in [4.78, 5) is 4.80. The standard InChI is InChI=1S/C20H13Cl3N2/c21-15-6-2-1-5-14(15)20-24-18-7-3-4-8-19(18)25(20)12-13-9-10-16(22)17(23)11-13/h1-11H,12H2. The molecule has 2 nitrogen and oxygen atoms in total. The van der Waals surface area contributed by atoms with Crippen LogP contribution < -0.4 is 0 Å². The molecule has 0 unspecified atom stereocenters. The van der Waals surface area contributed by atoms with Gasteiger partial charge in [-0.1, -0.05) is 65.1 Å². The third-order valence-corrected chi connectivity index (χ3v) is 5.16. The first-order chi connectivity index (χ1) is 12.1. The minimum absolute atomic E-state index is 0.544. The van der Waals surface area contributed by atoms with E-state index in [-0.39, 0.29) is 0 Å². The van der Waals surface area contributed by atoms with Crippen molar-refractivity contribution in [3.05, 3.63) is 87.4 Å². The molecule has 5 heteroatoms. The Labute approximate surface area is 160 Å². The van der Waals surface area contributed by atoms with E-state index in [1.807, 2.05) is 60.7 Å². The minimum Gasteiger partial charge on any atom is -0.319 e. The van der Waals surface area contributed by atoms with Gasteiger partial charge < -0.3 is 4.57 Å². The number of hydrogen-bond donors (Lipinski definition) is 0. The molecule has 0 aliphatic rings. The number of fused-ring (bicyclic) bond motifs is 1. The molecule has 0 fully saturated rings. The molecule has 0 N–H and O–H groups in total. The van der Waals surface area contributed by atoms with E-state index in [1.165, 1.54) is 0 Å². The zero-order valence-corrected chi connectivity index (χ0v) is 15.4. The maximum Gasteiger partial charge on any atom is 0.142 e. The fraction of sp³-hybridized carbons (Fsp3) is 0.0500. The fourth-order valence-electron chi connectivity index (χ4n) is 2.90. The summed E-state index contributed by atoms with van der Waals surface area (Å²) in [6, 6.07) is 21.4. The average Bonchev–Trinajstić information content (AvgIpc) is 2.97. The predicted molar refractivity (Wildman–Crippen MR) is 106 cm³/mol. The van der Waals surface area contributed by atoms with Gasteiger partial charge in [0.2, 0.25) is 0 Å². The number of para-hydroxylation sites is 2. The molecule has 1 aromatic heterocycles. The van der Waals surface area contributed by atoms with Crippen molar-refractivity contribution in [2.24, 2.45) is 0 Å². The second-order valence-electron chi connectivity index (χ2n) is 5.74. The topological polar surface area (TPSA) is 17.8 Å². The monoisotopic (exact) mass is 386 g/mol. The van der Waals surface area contributed by atoms with E-state index < -0.39 is 0 Å². The van der Waals surface area contributed by atoms with Gasteiger partial charge >= 0.3 is 0 Å². The summed E-state index contributed by atoms with van der Waals surface area (Å²) < 4.78 is 2.15. The molecule has 124 valence electrons. The van der Waals surface area contributed by atoms with Crippen molar-refractivity contribution in [3.8, 4) is 11.4 Å². The molecular formula is C20H13Cl3N2. The molecule has 0 amide bonds. The Morgan fingerprint density at radius 3 is 2.32 bits per heavy atom. The van der Waals surface area contributed by atoms with Crippen molar-refractivity contribution in [1.82, 2.24) is 9.55 Å². The molecule has 0 radical (unpaired) electrons. The summed E-state index contributed by atoms with van der Waals surface area (Å²) >= 11 is 18.6. The lowest BCUT2D eigenvalue weighted by molar-refractivity contribution is 0.834. The Hall–Kier alpha value is -2.00. The third-order valence-electron chi connectivity index (χ3n) is 4.09. The first-order valence-corrected chi connectivity index (χ1v) is 8.91. The van der Waals surface area contributed by atoms with Crippen molar-refractivity contribution in [2.75, 3.05) is 0 Å². The maximum atomic E-state index is 6.42. The Balaban J connectivity index is 1.90. The van der Waals surface area contributed by atoms with Crippen molar-refractivity contribution in [2.45, 2.75) is 6.54 Å². The normalized spacial score (nSPS) is 11.2. The number of halogens is 3. The molecule has 0 spiro atoms. The van der Waals surface area contributed by atoms with Crippen LogP contribution in [-0.2, 0) is 6.54 Å². The van der Waals surface area contributed by atoms with Crippen LogP contribution in [0.5, 0.6) is 0 Å². The van der Waals surface area contributed by atoms with Gasteiger partial charge in [-0.2, -0.15) is 0 Å². The molecule has 1 heterocycles. The van der Waals surface area contributed by atoms with E-state index in [2.05, 4.69) is 10.6 Å². The van der Waals surface area contributed by atoms with E-state index in [1.54, 1.807) is 0 Å². The van der Waals surface area contributed by atoms with Crippen molar-refractivity contribution >= 4 is 45.8 Å². The summed E-state index contributed by atoms with van der Waals surface area (Å²) in [5.74, 6) is 0.831. The summed E-state index contributed by atoms with van der Waals surface area (Å²) in [5.41, 5.74) is 3.92. The molecule has 4 rings (SSSR count). The first kappa shape index (κ1) is 16.5. The van der Waals surface area contributed by atoms with Crippen LogP contribution in [0.25, 0.3) is 22.4 Å². The van der Waals surface area contributed by atoms with Gasteiger partial charge in [-0.3, -0.25) is 0 Å². The van der Waals surface area contributed by atoms with E-state index >= 15 is 0 Å². The van der Waals surface area contributed by atoms with Gasteiger partial charge in [-0.05, 0) is 42.0 Å². The largest absolute Gasteiger partial charge is 0.319 e. The Kier molecular flexibility index (Phi) is 4.43. The smallest absolute Gasteiger partial charge is 0.142 e. The van der Waals surface area contributed by atoms with Crippen LogP contribution in [0.1, 0.15) is 5.56 Å². The van der Waals surface area contributed by atoms with Gasteiger partial charge in [0, 0.05) is 12.1 Å². The number of aromatic nitrogens is 2. The van der Waals surface area contributed by atoms with Crippen LogP contribution in [-0.4, -0.2) is 9.55 Å². The van der Waals surface area contributed by atoms with Crippen LogP contribution in [0.2, 0.25) is 15.1 Å². The van der Waals surface area contributed by atoms with E-state index in [4.69, 9.17) is 39.8 Å². The summed E-state index contributed by atoms with van der Waals surface area (Å²) in [7, 11) is 0. The molecule has 25 heavy (non-hydrogen) atoms. The van der Waals surface area contributed by atoms with Gasteiger partial charge in [-0.15, -0.1) is 0 Å². The van der Waals surface area contributed by atoms with Gasteiger partial charge in [0.15, 0.2) is 0 Å². The molecule has 0 saturated carbocycles. The Bertz CT molecular complexity index is 1070. The molecule has 3 aromatic carbocycles. The van der Waals surface area contributed by atoms with Crippen LogP contribution in [0.15, 0.2) is 66.7 Å². The highest BCUT2D eigenvalue weighted by Crippen LogP contribution is 2.31. The van der Waals surface area contributed by atoms with Crippen LogP contribution in [0.4, 0.5) is 0 Å². The molecule has 0 bridgehead atoms. The zero-order valence-electron chi connectivity index (χ0n) is 13.1. The summed E-state index contributed by atoms with van der Waals surface area (Å²) in [5, 5.41) is 1.77. The Morgan fingerprint density at radius 1 is 0.760 bits per heavy atom. The number of rotatable bonds is 3. The van der Waals surface area contributed by atoms with Gasteiger partial charge in [0.05, 0.1) is 26.1 Å². The molecule has 0 aliphatic heterocycles. The van der Waals surface area contributed by atoms with E-state index in [9.17, 15) is 0 Å². The second-order valence-corrected chi connectivity index (χ2v) is 6.96. The van der Waals surface area contributed by atoms with Gasteiger partial charge in [0.25, 0.3) is 0 Å². The SMILES string of the molecule is Clc1ccc(Cn2c(-c3ccccc3Cl)nc3ccccc32)cc1Cl. The van der Waals surface area contributed by atoms with Crippen molar-refractivity contribution in [3.63, 3.8) is 0 Å². The summed E-state index contributed by atoms with van der Waals surface area (Å²) in [6.07, 6.45) is 0. The third kappa shape index (κ3) is 3.13. The average molecular weight is 388 g/mol. The quantitative estimate of drug-likeness (QED) is 0.382. The number of benzene rings is 3. The molecule has 0 aliphatic carbocycles. The molecular weight excluding hydrogens is 375 g/mol. The highest BCUT2D eigenvalue weighted by molar-refractivity contribution is 6.42. The molecule has 0 saturated heterocycles. The van der Waals surface area contributed by atoms with Crippen LogP contribution in [0.3, 0.4) is 0 Å². The lowest BCUT2D eigenvalue weighted by Crippen LogP contribution is -2.02. The van der Waals surface area contributed by atoms with Crippen LogP contribution >= 0.6 is 34.8 Å². The zero-order chi connectivity index (χ0) is 17.4. The number of nitrogens with zero attached hydrogens (tertiary/aromatic N) is 2. The highest BCUT2D eigenvalue weighted by atomic mass is 35.5. The van der Waals surface area contributed by atoms with Crippen molar-refractivity contribution < 1.29 is 0 Å². The first-order valence-electron chi connectivity index (χ1n) is 7.77. The fourth-order valence-corrected chi connectivity index (χ4v) is 3.45. The van der Waals surface area contributed by atoms with E-state index in [0.717, 1.165) is 28.0 Å². The maximum absolute atomic E-state index is 6.42. The second kappa shape index (κ2) is 6.72. The lowest BCUT2D eigenvalue weighted by Gasteiger charge is -2.11. The van der Waals surface area contributed by atoms with Crippen LogP contribution in [0, 0.1) is 0 Å². The number of imidazole rings is 1. The lowest BCUT2D eigenvalue weighted by atomic mass is 10.2.